The number of nitrogens with one attached hydrogen (secondary N) is 1. The summed E-state index contributed by atoms with van der Waals surface area (Å²) < 4.78 is 5.89. The van der Waals surface area contributed by atoms with Crippen molar-refractivity contribution in [1.29, 1.82) is 0 Å². The average molecular weight is 301 g/mol. The van der Waals surface area contributed by atoms with E-state index in [0.717, 1.165) is 16.6 Å². The van der Waals surface area contributed by atoms with Crippen molar-refractivity contribution in [2.45, 2.75) is 27.7 Å². The van der Waals surface area contributed by atoms with E-state index >= 15 is 0 Å². The first-order chi connectivity index (χ1) is 10.3. The molecule has 0 atom stereocenters. The van der Waals surface area contributed by atoms with Gasteiger partial charge in [-0.15, -0.1) is 0 Å². The second-order valence-corrected chi connectivity index (χ2v) is 6.04. The standard InChI is InChI=1S/C17H23N3O2/c1-5-19-16(21)17(3,4)10-22-14-8-6-7-13-15(14)12(18)9-11(2)20-13/h6-9H,5,10H2,1-4H3,(H2,18,20)(H,19,21). The fourth-order valence-corrected chi connectivity index (χ4v) is 2.27. The van der Waals surface area contributed by atoms with E-state index in [1.807, 2.05) is 52.0 Å². The van der Waals surface area contributed by atoms with Crippen LogP contribution in [0.3, 0.4) is 0 Å². The highest BCUT2D eigenvalue weighted by Gasteiger charge is 2.28. The van der Waals surface area contributed by atoms with Crippen LogP contribution in [0.4, 0.5) is 5.69 Å². The summed E-state index contributed by atoms with van der Waals surface area (Å²) in [5, 5.41) is 3.61. The number of pyridine rings is 1. The van der Waals surface area contributed by atoms with Crippen molar-refractivity contribution in [1.82, 2.24) is 10.3 Å². The Labute approximate surface area is 130 Å². The van der Waals surface area contributed by atoms with E-state index in [2.05, 4.69) is 10.3 Å². The first-order valence-electron chi connectivity index (χ1n) is 7.42. The Balaban J connectivity index is 2.27. The lowest BCUT2D eigenvalue weighted by atomic mass is 9.93. The topological polar surface area (TPSA) is 77.2 Å². The van der Waals surface area contributed by atoms with Gasteiger partial charge in [-0.1, -0.05) is 6.07 Å². The second kappa shape index (κ2) is 6.22. The number of carbonyl (C=O) groups is 1. The Hall–Kier alpha value is -2.30. The number of rotatable bonds is 5. The molecular formula is C17H23N3O2. The number of hydrogen-bond donors (Lipinski definition) is 2. The average Bonchev–Trinajstić information content (AvgIpc) is 2.44. The third-order valence-corrected chi connectivity index (χ3v) is 3.49. The van der Waals surface area contributed by atoms with Crippen LogP contribution in [0.1, 0.15) is 26.5 Å². The normalized spacial score (nSPS) is 11.5. The maximum atomic E-state index is 12.0. The maximum absolute atomic E-state index is 12.0. The molecule has 0 saturated carbocycles. The number of ether oxygens (including phenoxy) is 1. The summed E-state index contributed by atoms with van der Waals surface area (Å²) in [7, 11) is 0. The maximum Gasteiger partial charge on any atom is 0.229 e. The molecule has 0 aliphatic rings. The van der Waals surface area contributed by atoms with Gasteiger partial charge in [-0.3, -0.25) is 9.78 Å². The van der Waals surface area contributed by atoms with Gasteiger partial charge in [-0.05, 0) is 45.9 Å². The number of aromatic nitrogens is 1. The van der Waals surface area contributed by atoms with Crippen molar-refractivity contribution in [2.75, 3.05) is 18.9 Å². The number of hydrogen-bond acceptors (Lipinski definition) is 4. The van der Waals surface area contributed by atoms with Gasteiger partial charge in [-0.25, -0.2) is 0 Å². The molecule has 118 valence electrons. The number of benzene rings is 1. The molecule has 0 fully saturated rings. The molecule has 0 unspecified atom stereocenters. The second-order valence-electron chi connectivity index (χ2n) is 6.04. The van der Waals surface area contributed by atoms with Gasteiger partial charge in [0.25, 0.3) is 0 Å². The molecule has 0 saturated heterocycles. The third-order valence-electron chi connectivity index (χ3n) is 3.49. The molecule has 1 aromatic carbocycles. The number of anilines is 1. The van der Waals surface area contributed by atoms with E-state index in [1.54, 1.807) is 0 Å². The van der Waals surface area contributed by atoms with Crippen LogP contribution in [-0.4, -0.2) is 24.0 Å². The number of amides is 1. The Morgan fingerprint density at radius 1 is 1.41 bits per heavy atom. The fraction of sp³-hybridized carbons (Fsp3) is 0.412. The number of fused-ring (bicyclic) bond motifs is 1. The Bertz CT molecular complexity index is 696. The number of nitrogens with two attached hydrogens (primary N) is 1. The summed E-state index contributed by atoms with van der Waals surface area (Å²) in [6, 6.07) is 7.46. The lowest BCUT2D eigenvalue weighted by Gasteiger charge is -2.24. The molecule has 2 rings (SSSR count). The minimum Gasteiger partial charge on any atom is -0.492 e. The van der Waals surface area contributed by atoms with Crippen LogP contribution in [-0.2, 0) is 4.79 Å². The highest BCUT2D eigenvalue weighted by atomic mass is 16.5. The van der Waals surface area contributed by atoms with Gasteiger partial charge in [0.1, 0.15) is 12.4 Å². The predicted molar refractivity (Wildman–Crippen MR) is 88.9 cm³/mol. The van der Waals surface area contributed by atoms with Gasteiger partial charge in [0, 0.05) is 17.9 Å². The van der Waals surface area contributed by atoms with Gasteiger partial charge in [0.05, 0.1) is 16.3 Å². The molecule has 2 aromatic rings. The molecule has 0 aliphatic carbocycles. The van der Waals surface area contributed by atoms with E-state index in [-0.39, 0.29) is 12.5 Å². The smallest absolute Gasteiger partial charge is 0.229 e. The molecule has 1 amide bonds. The molecule has 0 spiro atoms. The number of carbonyl (C=O) groups excluding carboxylic acids is 1. The Morgan fingerprint density at radius 2 is 2.14 bits per heavy atom. The monoisotopic (exact) mass is 301 g/mol. The molecule has 5 nitrogen and oxygen atoms in total. The first-order valence-corrected chi connectivity index (χ1v) is 7.42. The zero-order valence-corrected chi connectivity index (χ0v) is 13.6. The van der Waals surface area contributed by atoms with Crippen molar-refractivity contribution < 1.29 is 9.53 Å². The largest absolute Gasteiger partial charge is 0.492 e. The zero-order valence-electron chi connectivity index (χ0n) is 13.6. The summed E-state index contributed by atoms with van der Waals surface area (Å²) in [6.07, 6.45) is 0. The van der Waals surface area contributed by atoms with Crippen molar-refractivity contribution in [3.05, 3.63) is 30.0 Å². The third kappa shape index (κ3) is 3.30. The molecule has 0 radical (unpaired) electrons. The summed E-state index contributed by atoms with van der Waals surface area (Å²) in [4.78, 5) is 16.5. The molecular weight excluding hydrogens is 278 g/mol. The van der Waals surface area contributed by atoms with Crippen molar-refractivity contribution in [3.8, 4) is 5.75 Å². The minimum atomic E-state index is -0.620. The molecule has 0 bridgehead atoms. The van der Waals surface area contributed by atoms with E-state index < -0.39 is 5.41 Å². The lowest BCUT2D eigenvalue weighted by molar-refractivity contribution is -0.130. The number of aryl methyl sites for hydroxylation is 1. The number of nitrogens with zero attached hydrogens (tertiary/aromatic N) is 1. The SMILES string of the molecule is CCNC(=O)C(C)(C)COc1cccc2nc(C)cc(N)c12. The van der Waals surface area contributed by atoms with Crippen LogP contribution < -0.4 is 15.8 Å². The van der Waals surface area contributed by atoms with E-state index in [0.29, 0.717) is 18.0 Å². The summed E-state index contributed by atoms with van der Waals surface area (Å²) in [6.45, 7) is 8.39. The lowest BCUT2D eigenvalue weighted by Crippen LogP contribution is -2.40. The molecule has 0 aliphatic heterocycles. The van der Waals surface area contributed by atoms with E-state index in [4.69, 9.17) is 10.5 Å². The zero-order chi connectivity index (χ0) is 16.3. The van der Waals surface area contributed by atoms with E-state index in [9.17, 15) is 4.79 Å². The molecule has 1 aromatic heterocycles. The molecule has 5 heteroatoms. The molecule has 22 heavy (non-hydrogen) atoms. The quantitative estimate of drug-likeness (QED) is 0.890. The van der Waals surface area contributed by atoms with Gasteiger partial charge in [-0.2, -0.15) is 0 Å². The summed E-state index contributed by atoms with van der Waals surface area (Å²) in [5.41, 5.74) is 7.78. The van der Waals surface area contributed by atoms with Gasteiger partial charge < -0.3 is 15.8 Å². The van der Waals surface area contributed by atoms with Crippen LogP contribution in [0, 0.1) is 12.3 Å². The molecule has 1 heterocycles. The van der Waals surface area contributed by atoms with Crippen LogP contribution in [0.5, 0.6) is 5.75 Å². The Morgan fingerprint density at radius 3 is 2.82 bits per heavy atom. The van der Waals surface area contributed by atoms with Crippen molar-refractivity contribution >= 4 is 22.5 Å². The Kier molecular flexibility index (Phi) is 4.54. The summed E-state index contributed by atoms with van der Waals surface area (Å²) in [5.74, 6) is 0.622. The van der Waals surface area contributed by atoms with Gasteiger partial charge in [0.2, 0.25) is 5.91 Å². The van der Waals surface area contributed by atoms with Gasteiger partial charge >= 0.3 is 0 Å². The van der Waals surface area contributed by atoms with Crippen LogP contribution in [0.2, 0.25) is 0 Å². The predicted octanol–water partition coefficient (Wildman–Crippen LogP) is 2.67. The van der Waals surface area contributed by atoms with E-state index in [1.165, 1.54) is 0 Å². The molecule has 3 N–H and O–H groups in total. The highest BCUT2D eigenvalue weighted by Crippen LogP contribution is 2.31. The fourth-order valence-electron chi connectivity index (χ4n) is 2.27. The highest BCUT2D eigenvalue weighted by molar-refractivity contribution is 5.95. The van der Waals surface area contributed by atoms with Crippen LogP contribution in [0.25, 0.3) is 10.9 Å². The first kappa shape index (κ1) is 16.1. The van der Waals surface area contributed by atoms with Crippen LogP contribution >= 0.6 is 0 Å². The van der Waals surface area contributed by atoms with Crippen LogP contribution in [0.15, 0.2) is 24.3 Å². The van der Waals surface area contributed by atoms with Crippen molar-refractivity contribution in [3.63, 3.8) is 0 Å². The van der Waals surface area contributed by atoms with Crippen molar-refractivity contribution in [2.24, 2.45) is 5.41 Å². The number of nitrogen functional groups attached to an aromatic ring is 1. The summed E-state index contributed by atoms with van der Waals surface area (Å²) >= 11 is 0. The minimum absolute atomic E-state index is 0.0304. The van der Waals surface area contributed by atoms with Gasteiger partial charge in [0.15, 0.2) is 0 Å².